The maximum Gasteiger partial charge on any atom is 0.308 e. The Balaban J connectivity index is 2.11. The summed E-state index contributed by atoms with van der Waals surface area (Å²) < 4.78 is 27.3. The van der Waals surface area contributed by atoms with Crippen molar-refractivity contribution in [2.24, 2.45) is 0 Å². The first-order chi connectivity index (χ1) is 21.3. The Bertz CT molecular complexity index is 2170. The van der Waals surface area contributed by atoms with Gasteiger partial charge in [0.1, 0.15) is 12.1 Å². The number of allylic oxidation sites excluding steroid dienone is 7. The largest absolute Gasteiger partial charge is 0.308 e. The van der Waals surface area contributed by atoms with Gasteiger partial charge in [0, 0.05) is 63.8 Å². The molecule has 5 rings (SSSR count). The minimum absolute atomic E-state index is 0.0252. The van der Waals surface area contributed by atoms with Gasteiger partial charge in [0.25, 0.3) is 11.4 Å². The monoisotopic (exact) mass is 570 g/mol. The quantitative estimate of drug-likeness (QED) is 0.236. The summed E-state index contributed by atoms with van der Waals surface area (Å²) in [6.07, 6.45) is 1.73. The molecular formula is C30H4F2N12. The summed E-state index contributed by atoms with van der Waals surface area (Å²) in [6.45, 7) is 23.3. The minimum atomic E-state index is -1.11. The zero-order valence-corrected chi connectivity index (χ0v) is 21.4. The molecule has 0 unspecified atom stereocenters. The van der Waals surface area contributed by atoms with E-state index in [1.165, 1.54) is 0 Å². The molecule has 0 fully saturated rings. The lowest BCUT2D eigenvalue weighted by Crippen LogP contribution is -2.04. The van der Waals surface area contributed by atoms with E-state index in [0.717, 1.165) is 24.8 Å². The lowest BCUT2D eigenvalue weighted by molar-refractivity contribution is 0.537. The molecule has 2 heterocycles. The highest BCUT2D eigenvalue weighted by Gasteiger charge is 2.43. The summed E-state index contributed by atoms with van der Waals surface area (Å²) in [5.41, 5.74) is -4.38. The molecule has 2 aromatic heterocycles. The second kappa shape index (κ2) is 10.6. The van der Waals surface area contributed by atoms with Gasteiger partial charge in [-0.15, -0.1) is 0 Å². The molecule has 0 radical (unpaired) electrons. The highest BCUT2D eigenvalue weighted by atomic mass is 19.1. The van der Waals surface area contributed by atoms with E-state index in [1.807, 2.05) is 18.2 Å². The van der Waals surface area contributed by atoms with Gasteiger partial charge in [0.05, 0.1) is 54.6 Å². The number of rotatable bonds is 2. The van der Waals surface area contributed by atoms with Crippen LogP contribution in [0.4, 0.5) is 8.78 Å². The number of halogens is 2. The summed E-state index contributed by atoms with van der Waals surface area (Å²) in [4.78, 5) is 24.0. The number of aromatic nitrogens is 4. The number of hydrogen-bond acceptors (Lipinski definition) is 9. The van der Waals surface area contributed by atoms with Crippen LogP contribution in [0.1, 0.15) is 44.5 Å². The van der Waals surface area contributed by atoms with Crippen LogP contribution in [0.2, 0.25) is 0 Å². The van der Waals surface area contributed by atoms with Crippen LogP contribution in [0.25, 0.3) is 48.1 Å². The summed E-state index contributed by atoms with van der Waals surface area (Å²) in [7, 11) is 0. The van der Waals surface area contributed by atoms with Gasteiger partial charge in [0.2, 0.25) is 5.70 Å². The Morgan fingerprint density at radius 2 is 1.05 bits per heavy atom. The van der Waals surface area contributed by atoms with Crippen molar-refractivity contribution >= 4 is 33.6 Å². The molecule has 0 spiro atoms. The van der Waals surface area contributed by atoms with Gasteiger partial charge >= 0.3 is 12.2 Å². The number of fused-ring (bicyclic) bond motifs is 2. The highest BCUT2D eigenvalue weighted by molar-refractivity contribution is 6.31. The fraction of sp³-hybridized carbons (Fsp3) is 0. The van der Waals surface area contributed by atoms with Crippen LogP contribution >= 0.6 is 0 Å². The third-order valence-electron chi connectivity index (χ3n) is 6.65. The van der Waals surface area contributed by atoms with Gasteiger partial charge in [-0.1, -0.05) is 0 Å². The molecule has 1 aromatic carbocycles. The molecule has 0 atom stereocenters. The Morgan fingerprint density at radius 1 is 0.614 bits per heavy atom. The van der Waals surface area contributed by atoms with Crippen LogP contribution in [0, 0.1) is 88.5 Å². The molecule has 14 heteroatoms. The molecule has 0 saturated carbocycles. The van der Waals surface area contributed by atoms with Gasteiger partial charge in [0.15, 0.2) is 0 Å². The molecule has 0 saturated heterocycles. The SMILES string of the molecule is [C-]#[N+]C1=C(c2cnc(F)nc2)/C(=C(/C#N)[N+]#[C-])c2c(C#N)c3c(c(C#N)c21)C(C#N)=C(c1cnc(F)nc1)/C3=C(\C#N)[N+]#[C-]. The molecule has 0 amide bonds. The van der Waals surface area contributed by atoms with Gasteiger partial charge in [-0.2, -0.15) is 24.6 Å². The van der Waals surface area contributed by atoms with Gasteiger partial charge < -0.3 is 0 Å². The smallest absolute Gasteiger partial charge is 0.237 e. The van der Waals surface area contributed by atoms with E-state index >= 15 is 0 Å². The molecular weight excluding hydrogens is 566 g/mol. The third kappa shape index (κ3) is 3.73. The van der Waals surface area contributed by atoms with E-state index in [9.17, 15) is 35.1 Å². The van der Waals surface area contributed by atoms with Gasteiger partial charge in [-0.05, 0) is 16.7 Å². The summed E-state index contributed by atoms with van der Waals surface area (Å²) in [6, 6.07) is 9.24. The van der Waals surface area contributed by atoms with Crippen molar-refractivity contribution in [1.29, 1.82) is 26.3 Å². The van der Waals surface area contributed by atoms with E-state index in [1.54, 1.807) is 12.1 Å². The number of nitrogens with zero attached hydrogens (tertiary/aromatic N) is 12. The normalized spacial score (nSPS) is 14.8. The lowest BCUT2D eigenvalue weighted by Gasteiger charge is -2.17. The maximum atomic E-state index is 13.6. The molecule has 44 heavy (non-hydrogen) atoms. The fourth-order valence-electron chi connectivity index (χ4n) is 5.13. The second-order valence-electron chi connectivity index (χ2n) is 8.55. The van der Waals surface area contributed by atoms with Crippen LogP contribution < -0.4 is 0 Å². The molecule has 0 bridgehead atoms. The Hall–Kier alpha value is -7.88. The fourth-order valence-corrected chi connectivity index (χ4v) is 5.13. The van der Waals surface area contributed by atoms with E-state index in [4.69, 9.17) is 19.7 Å². The Morgan fingerprint density at radius 3 is 1.45 bits per heavy atom. The van der Waals surface area contributed by atoms with E-state index in [2.05, 4.69) is 34.5 Å². The second-order valence-corrected chi connectivity index (χ2v) is 8.55. The zero-order chi connectivity index (χ0) is 31.7. The van der Waals surface area contributed by atoms with Crippen molar-refractivity contribution in [3.8, 4) is 30.3 Å². The van der Waals surface area contributed by atoms with Gasteiger partial charge in [-0.3, -0.25) is 0 Å². The van der Waals surface area contributed by atoms with Crippen molar-refractivity contribution in [2.75, 3.05) is 0 Å². The predicted molar refractivity (Wildman–Crippen MR) is 144 cm³/mol. The van der Waals surface area contributed by atoms with E-state index in [0.29, 0.717) is 0 Å². The molecule has 0 aliphatic heterocycles. The predicted octanol–water partition coefficient (Wildman–Crippen LogP) is 4.85. The molecule has 3 aromatic rings. The Labute approximate surface area is 246 Å². The maximum absolute atomic E-state index is 13.6. The standard InChI is InChI=1S/C30H4F2N12/c1-38-18(7-36)26-20(13-9-41-29(31)42-10-13)15(4-33)22-16(5-34)25-24(17(6-35)23(22)26)27(19(8-37)39-2)21(28(25)40-3)14-11-43-30(32)44-12-14/h9-12H/b26-18-,27-19+. The van der Waals surface area contributed by atoms with Crippen molar-refractivity contribution < 1.29 is 8.78 Å². The molecule has 2 aliphatic carbocycles. The lowest BCUT2D eigenvalue weighted by atomic mass is 9.83. The van der Waals surface area contributed by atoms with Crippen molar-refractivity contribution in [3.63, 3.8) is 0 Å². The number of hydrogen-bond donors (Lipinski definition) is 0. The molecule has 12 nitrogen and oxygen atoms in total. The Kier molecular flexibility index (Phi) is 6.66. The molecule has 2 aliphatic rings. The third-order valence-corrected chi connectivity index (χ3v) is 6.65. The molecule has 0 N–H and O–H groups in total. The molecule has 198 valence electrons. The summed E-state index contributed by atoms with van der Waals surface area (Å²) in [5, 5.41) is 51.3. The van der Waals surface area contributed by atoms with Crippen LogP contribution in [0.3, 0.4) is 0 Å². The first-order valence-electron chi connectivity index (χ1n) is 11.7. The van der Waals surface area contributed by atoms with Crippen molar-refractivity contribution in [1.82, 2.24) is 19.9 Å². The average Bonchev–Trinajstić information content (AvgIpc) is 3.56. The van der Waals surface area contributed by atoms with Crippen LogP contribution in [-0.4, -0.2) is 19.9 Å². The first-order valence-corrected chi connectivity index (χ1v) is 11.7. The van der Waals surface area contributed by atoms with E-state index in [-0.39, 0.29) is 78.1 Å². The van der Waals surface area contributed by atoms with Crippen LogP contribution in [0.15, 0.2) is 36.2 Å². The topological polar surface area (TPSA) is 184 Å². The average molecular weight is 570 g/mol. The number of benzene rings is 1. The van der Waals surface area contributed by atoms with Crippen LogP contribution in [-0.2, 0) is 0 Å². The van der Waals surface area contributed by atoms with Crippen molar-refractivity contribution in [2.45, 2.75) is 0 Å². The zero-order valence-electron chi connectivity index (χ0n) is 21.4. The summed E-state index contributed by atoms with van der Waals surface area (Å²) >= 11 is 0. The van der Waals surface area contributed by atoms with Crippen molar-refractivity contribution in [3.05, 3.63) is 127 Å². The first kappa shape index (κ1) is 27.7. The van der Waals surface area contributed by atoms with Crippen LogP contribution in [0.5, 0.6) is 0 Å². The summed E-state index contributed by atoms with van der Waals surface area (Å²) in [5.74, 6) is 0. The van der Waals surface area contributed by atoms with Gasteiger partial charge in [-0.25, -0.2) is 45.0 Å². The highest BCUT2D eigenvalue weighted by Crippen LogP contribution is 2.58. The minimum Gasteiger partial charge on any atom is -0.237 e. The number of nitriles is 5. The van der Waals surface area contributed by atoms with E-state index < -0.39 is 23.6 Å².